The van der Waals surface area contributed by atoms with Crippen LogP contribution in [0.25, 0.3) is 0 Å². The smallest absolute Gasteiger partial charge is 0.219 e. The first-order valence-corrected chi connectivity index (χ1v) is 5.12. The SMILES string of the molecule is CC(=O)N1C(C)CC(C)(C)CC1C. The molecule has 13 heavy (non-hydrogen) atoms. The Morgan fingerprint density at radius 3 is 1.92 bits per heavy atom. The van der Waals surface area contributed by atoms with Gasteiger partial charge >= 0.3 is 0 Å². The zero-order valence-electron chi connectivity index (χ0n) is 9.42. The average Bonchev–Trinajstić information content (AvgIpc) is 1.78. The largest absolute Gasteiger partial charge is 0.337 e. The minimum atomic E-state index is 0.218. The maximum absolute atomic E-state index is 11.4. The van der Waals surface area contributed by atoms with Gasteiger partial charge in [0.2, 0.25) is 5.91 Å². The van der Waals surface area contributed by atoms with Crippen molar-refractivity contribution in [3.05, 3.63) is 0 Å². The molecule has 1 heterocycles. The van der Waals surface area contributed by atoms with E-state index in [1.807, 2.05) is 4.90 Å². The lowest BCUT2D eigenvalue weighted by Crippen LogP contribution is -2.51. The summed E-state index contributed by atoms with van der Waals surface area (Å²) < 4.78 is 0. The van der Waals surface area contributed by atoms with Crippen molar-refractivity contribution in [2.24, 2.45) is 5.41 Å². The Bertz CT molecular complexity index is 196. The van der Waals surface area contributed by atoms with E-state index < -0.39 is 0 Å². The molecule has 0 aromatic rings. The highest BCUT2D eigenvalue weighted by molar-refractivity contribution is 5.74. The van der Waals surface area contributed by atoms with E-state index in [1.165, 1.54) is 0 Å². The third kappa shape index (κ3) is 2.23. The van der Waals surface area contributed by atoms with Crippen LogP contribution >= 0.6 is 0 Å². The van der Waals surface area contributed by atoms with Crippen LogP contribution in [0.1, 0.15) is 47.5 Å². The fourth-order valence-electron chi connectivity index (χ4n) is 2.93. The van der Waals surface area contributed by atoms with Crippen molar-refractivity contribution in [2.45, 2.75) is 59.5 Å². The molecule has 0 aromatic heterocycles. The maximum atomic E-state index is 11.4. The molecule has 0 saturated carbocycles. The van der Waals surface area contributed by atoms with Gasteiger partial charge in [0.1, 0.15) is 0 Å². The van der Waals surface area contributed by atoms with E-state index in [0.717, 1.165) is 12.8 Å². The number of rotatable bonds is 0. The second kappa shape index (κ2) is 3.32. The van der Waals surface area contributed by atoms with Gasteiger partial charge in [-0.15, -0.1) is 0 Å². The van der Waals surface area contributed by atoms with Crippen molar-refractivity contribution >= 4 is 5.91 Å². The van der Waals surface area contributed by atoms with E-state index in [2.05, 4.69) is 27.7 Å². The van der Waals surface area contributed by atoms with Crippen molar-refractivity contribution in [3.63, 3.8) is 0 Å². The minimum absolute atomic E-state index is 0.218. The van der Waals surface area contributed by atoms with Crippen LogP contribution in [0.15, 0.2) is 0 Å². The Morgan fingerprint density at radius 2 is 1.62 bits per heavy atom. The molecular weight excluding hydrogens is 162 g/mol. The van der Waals surface area contributed by atoms with Crippen LogP contribution < -0.4 is 0 Å². The average molecular weight is 183 g/mol. The molecule has 0 N–H and O–H groups in total. The summed E-state index contributed by atoms with van der Waals surface area (Å²) in [4.78, 5) is 13.4. The van der Waals surface area contributed by atoms with Gasteiger partial charge in [0, 0.05) is 19.0 Å². The highest BCUT2D eigenvalue weighted by Gasteiger charge is 2.36. The standard InChI is InChI=1S/C11H21NO/c1-8-6-11(4,5)7-9(2)12(8)10(3)13/h8-9H,6-7H2,1-5H3. The number of nitrogens with zero attached hydrogens (tertiary/aromatic N) is 1. The molecule has 0 radical (unpaired) electrons. The second-order valence-electron chi connectivity index (χ2n) is 5.20. The Kier molecular flexibility index (Phi) is 2.69. The van der Waals surface area contributed by atoms with Gasteiger partial charge in [-0.25, -0.2) is 0 Å². The Hall–Kier alpha value is -0.530. The number of hydrogen-bond acceptors (Lipinski definition) is 1. The number of piperidine rings is 1. The van der Waals surface area contributed by atoms with E-state index >= 15 is 0 Å². The lowest BCUT2D eigenvalue weighted by molar-refractivity contribution is -0.137. The van der Waals surface area contributed by atoms with Gasteiger partial charge in [-0.1, -0.05) is 13.8 Å². The van der Waals surface area contributed by atoms with Crippen LogP contribution in [-0.4, -0.2) is 22.9 Å². The van der Waals surface area contributed by atoms with Crippen molar-refractivity contribution in [2.75, 3.05) is 0 Å². The summed E-state index contributed by atoms with van der Waals surface area (Å²) >= 11 is 0. The molecule has 1 aliphatic heterocycles. The van der Waals surface area contributed by atoms with Crippen LogP contribution in [0.4, 0.5) is 0 Å². The van der Waals surface area contributed by atoms with Crippen LogP contribution in [0.2, 0.25) is 0 Å². The molecule has 1 aliphatic rings. The molecule has 0 aliphatic carbocycles. The first-order valence-electron chi connectivity index (χ1n) is 5.12. The fourth-order valence-corrected chi connectivity index (χ4v) is 2.93. The second-order valence-corrected chi connectivity index (χ2v) is 5.20. The summed E-state index contributed by atoms with van der Waals surface area (Å²) in [5.74, 6) is 0.218. The third-order valence-electron chi connectivity index (χ3n) is 3.01. The van der Waals surface area contributed by atoms with Crippen molar-refractivity contribution < 1.29 is 4.79 Å². The maximum Gasteiger partial charge on any atom is 0.219 e. The number of amides is 1. The predicted molar refractivity (Wildman–Crippen MR) is 54.5 cm³/mol. The molecule has 1 rings (SSSR count). The minimum Gasteiger partial charge on any atom is -0.337 e. The first-order chi connectivity index (χ1) is 5.83. The van der Waals surface area contributed by atoms with E-state index in [1.54, 1.807) is 6.92 Å². The molecule has 1 fully saturated rings. The molecule has 0 spiro atoms. The monoisotopic (exact) mass is 183 g/mol. The van der Waals surface area contributed by atoms with Gasteiger partial charge in [-0.2, -0.15) is 0 Å². The predicted octanol–water partition coefficient (Wildman–Crippen LogP) is 2.43. The van der Waals surface area contributed by atoms with Crippen molar-refractivity contribution in [3.8, 4) is 0 Å². The van der Waals surface area contributed by atoms with Gasteiger partial charge in [0.25, 0.3) is 0 Å². The third-order valence-corrected chi connectivity index (χ3v) is 3.01. The van der Waals surface area contributed by atoms with Gasteiger partial charge in [0.05, 0.1) is 0 Å². The Morgan fingerprint density at radius 1 is 1.23 bits per heavy atom. The molecule has 2 heteroatoms. The van der Waals surface area contributed by atoms with E-state index in [0.29, 0.717) is 17.5 Å². The molecule has 2 atom stereocenters. The van der Waals surface area contributed by atoms with Gasteiger partial charge in [-0.05, 0) is 32.1 Å². The van der Waals surface area contributed by atoms with Gasteiger partial charge in [0.15, 0.2) is 0 Å². The molecule has 1 saturated heterocycles. The summed E-state index contributed by atoms with van der Waals surface area (Å²) in [5.41, 5.74) is 0.394. The number of carbonyl (C=O) groups is 1. The molecule has 2 unspecified atom stereocenters. The number of hydrogen-bond donors (Lipinski definition) is 0. The number of carbonyl (C=O) groups excluding carboxylic acids is 1. The van der Waals surface area contributed by atoms with Gasteiger partial charge < -0.3 is 4.90 Å². The van der Waals surface area contributed by atoms with Crippen molar-refractivity contribution in [1.29, 1.82) is 0 Å². The zero-order chi connectivity index (χ0) is 10.2. The summed E-state index contributed by atoms with van der Waals surface area (Å²) in [5, 5.41) is 0. The van der Waals surface area contributed by atoms with Crippen LogP contribution in [-0.2, 0) is 4.79 Å². The van der Waals surface area contributed by atoms with Crippen LogP contribution in [0.3, 0.4) is 0 Å². The van der Waals surface area contributed by atoms with E-state index in [4.69, 9.17) is 0 Å². The number of likely N-dealkylation sites (tertiary alicyclic amines) is 1. The molecule has 1 amide bonds. The zero-order valence-corrected chi connectivity index (χ0v) is 9.42. The Labute approximate surface area is 81.3 Å². The topological polar surface area (TPSA) is 20.3 Å². The fraction of sp³-hybridized carbons (Fsp3) is 0.909. The molecule has 2 nitrogen and oxygen atoms in total. The molecular formula is C11H21NO. The quantitative estimate of drug-likeness (QED) is 0.565. The van der Waals surface area contributed by atoms with E-state index in [-0.39, 0.29) is 5.91 Å². The molecule has 0 aromatic carbocycles. The summed E-state index contributed by atoms with van der Waals surface area (Å²) in [7, 11) is 0. The highest BCUT2D eigenvalue weighted by Crippen LogP contribution is 2.36. The summed E-state index contributed by atoms with van der Waals surface area (Å²) in [6.07, 6.45) is 2.24. The molecule has 76 valence electrons. The first kappa shape index (κ1) is 10.6. The van der Waals surface area contributed by atoms with E-state index in [9.17, 15) is 4.79 Å². The highest BCUT2D eigenvalue weighted by atomic mass is 16.2. The molecule has 0 bridgehead atoms. The lowest BCUT2D eigenvalue weighted by atomic mass is 9.76. The Balaban J connectivity index is 2.76. The summed E-state index contributed by atoms with van der Waals surface area (Å²) in [6.45, 7) is 10.6. The van der Waals surface area contributed by atoms with Crippen LogP contribution in [0.5, 0.6) is 0 Å². The van der Waals surface area contributed by atoms with Crippen molar-refractivity contribution in [1.82, 2.24) is 4.90 Å². The lowest BCUT2D eigenvalue weighted by Gasteiger charge is -2.46. The van der Waals surface area contributed by atoms with Gasteiger partial charge in [-0.3, -0.25) is 4.79 Å². The normalized spacial score (nSPS) is 33.2. The summed E-state index contributed by atoms with van der Waals surface area (Å²) in [6, 6.07) is 0.799. The van der Waals surface area contributed by atoms with Crippen LogP contribution in [0, 0.1) is 5.41 Å².